The van der Waals surface area contributed by atoms with Gasteiger partial charge in [0.2, 0.25) is 0 Å². The van der Waals surface area contributed by atoms with Gasteiger partial charge < -0.3 is 20.5 Å². The van der Waals surface area contributed by atoms with Crippen LogP contribution in [0.15, 0.2) is 35.3 Å². The number of ether oxygens (including phenoxy) is 1. The molecule has 0 unspecified atom stereocenters. The quantitative estimate of drug-likeness (QED) is 0.567. The summed E-state index contributed by atoms with van der Waals surface area (Å²) in [7, 11) is 0. The second-order valence-corrected chi connectivity index (χ2v) is 7.32. The molecule has 0 spiro atoms. The fourth-order valence-corrected chi connectivity index (χ4v) is 3.52. The zero-order valence-electron chi connectivity index (χ0n) is 15.0. The van der Waals surface area contributed by atoms with Crippen molar-refractivity contribution in [3.05, 3.63) is 35.9 Å². The van der Waals surface area contributed by atoms with E-state index in [1.807, 2.05) is 18.2 Å². The third-order valence-electron chi connectivity index (χ3n) is 5.22. The van der Waals surface area contributed by atoms with Crippen LogP contribution in [0.2, 0.25) is 0 Å². The Kier molecular flexibility index (Phi) is 6.70. The van der Waals surface area contributed by atoms with Crippen LogP contribution in [0.3, 0.4) is 0 Å². The summed E-state index contributed by atoms with van der Waals surface area (Å²) in [4.78, 5) is 4.76. The highest BCUT2D eigenvalue weighted by molar-refractivity contribution is 5.80. The molecular formula is C20H31N3O2. The van der Waals surface area contributed by atoms with Crippen molar-refractivity contribution in [2.45, 2.75) is 63.1 Å². The number of nitrogens with one attached hydrogen (secondary N) is 2. The topological polar surface area (TPSA) is 65.9 Å². The smallest absolute Gasteiger partial charge is 0.191 e. The first kappa shape index (κ1) is 18.2. The third kappa shape index (κ3) is 6.01. The number of aliphatic imine (C=N–C) groups is 1. The van der Waals surface area contributed by atoms with Gasteiger partial charge in [-0.1, -0.05) is 49.6 Å². The average molecular weight is 345 g/mol. The second-order valence-electron chi connectivity index (χ2n) is 7.32. The Hall–Kier alpha value is -1.59. The van der Waals surface area contributed by atoms with Crippen LogP contribution >= 0.6 is 0 Å². The first-order valence-corrected chi connectivity index (χ1v) is 9.62. The first-order valence-electron chi connectivity index (χ1n) is 9.62. The van der Waals surface area contributed by atoms with E-state index in [0.29, 0.717) is 45.2 Å². The summed E-state index contributed by atoms with van der Waals surface area (Å²) in [6.07, 6.45) is 7.65. The van der Waals surface area contributed by atoms with E-state index in [4.69, 9.17) is 9.73 Å². The van der Waals surface area contributed by atoms with Gasteiger partial charge in [0.05, 0.1) is 12.1 Å². The lowest BCUT2D eigenvalue weighted by Crippen LogP contribution is -2.51. The molecule has 1 heterocycles. The summed E-state index contributed by atoms with van der Waals surface area (Å²) in [5.74, 6) is 0.815. The molecule has 5 nitrogen and oxygen atoms in total. The van der Waals surface area contributed by atoms with Gasteiger partial charge in [-0.2, -0.15) is 0 Å². The molecule has 3 N–H and O–H groups in total. The Balaban J connectivity index is 1.60. The first-order chi connectivity index (χ1) is 12.2. The third-order valence-corrected chi connectivity index (χ3v) is 5.22. The highest BCUT2D eigenvalue weighted by Crippen LogP contribution is 2.20. The van der Waals surface area contributed by atoms with Crippen molar-refractivity contribution in [2.24, 2.45) is 4.99 Å². The van der Waals surface area contributed by atoms with E-state index in [2.05, 4.69) is 22.8 Å². The molecule has 1 aliphatic carbocycles. The highest BCUT2D eigenvalue weighted by Gasteiger charge is 2.30. The number of guanidine groups is 1. The van der Waals surface area contributed by atoms with Gasteiger partial charge in [-0.05, 0) is 18.4 Å². The molecule has 3 rings (SSSR count). The number of benzene rings is 1. The minimum atomic E-state index is -0.694. The lowest BCUT2D eigenvalue weighted by molar-refractivity contribution is -0.0594. The maximum Gasteiger partial charge on any atom is 0.191 e. The fourth-order valence-electron chi connectivity index (χ4n) is 3.52. The molecule has 0 atom stereocenters. The zero-order chi connectivity index (χ0) is 17.4. The Labute approximate surface area is 150 Å². The van der Waals surface area contributed by atoms with Gasteiger partial charge in [0, 0.05) is 38.6 Å². The van der Waals surface area contributed by atoms with Crippen molar-refractivity contribution >= 4 is 5.96 Å². The molecule has 1 aromatic rings. The van der Waals surface area contributed by atoms with Crippen molar-refractivity contribution in [3.8, 4) is 0 Å². The highest BCUT2D eigenvalue weighted by atomic mass is 16.5. The van der Waals surface area contributed by atoms with Gasteiger partial charge >= 0.3 is 0 Å². The lowest BCUT2D eigenvalue weighted by Gasteiger charge is -2.33. The molecule has 0 bridgehead atoms. The predicted molar refractivity (Wildman–Crippen MR) is 101 cm³/mol. The molecule has 0 radical (unpaired) electrons. The number of nitrogens with zero attached hydrogens (tertiary/aromatic N) is 1. The summed E-state index contributed by atoms with van der Waals surface area (Å²) in [5, 5.41) is 17.6. The van der Waals surface area contributed by atoms with Crippen LogP contribution < -0.4 is 10.6 Å². The molecule has 1 aliphatic heterocycles. The summed E-state index contributed by atoms with van der Waals surface area (Å²) < 4.78 is 5.36. The van der Waals surface area contributed by atoms with Gasteiger partial charge in [-0.25, -0.2) is 4.99 Å². The van der Waals surface area contributed by atoms with Gasteiger partial charge in [0.15, 0.2) is 5.96 Å². The van der Waals surface area contributed by atoms with Crippen molar-refractivity contribution in [1.29, 1.82) is 0 Å². The number of rotatable bonds is 5. The maximum absolute atomic E-state index is 10.7. The van der Waals surface area contributed by atoms with Gasteiger partial charge in [0.1, 0.15) is 0 Å². The minimum absolute atomic E-state index is 0.486. The summed E-state index contributed by atoms with van der Waals surface area (Å²) in [6.45, 7) is 2.42. The van der Waals surface area contributed by atoms with Crippen molar-refractivity contribution in [3.63, 3.8) is 0 Å². The predicted octanol–water partition coefficient (Wildman–Crippen LogP) is 2.60. The molecule has 2 fully saturated rings. The van der Waals surface area contributed by atoms with Crippen LogP contribution in [0.5, 0.6) is 0 Å². The molecule has 1 saturated heterocycles. The summed E-state index contributed by atoms with van der Waals surface area (Å²) in [5.41, 5.74) is 0.497. The Morgan fingerprint density at radius 2 is 1.84 bits per heavy atom. The van der Waals surface area contributed by atoms with Gasteiger partial charge in [0.25, 0.3) is 0 Å². The standard InChI is InChI=1S/C20H31N3O2/c24-20(11-13-25-14-12-20)16-22-19(23-18-9-5-2-6-10-18)21-15-17-7-3-1-4-8-17/h1,3-4,7-8,18,24H,2,5-6,9-16H2,(H2,21,22,23). The second kappa shape index (κ2) is 9.20. The average Bonchev–Trinajstić information content (AvgIpc) is 2.66. The van der Waals surface area contributed by atoms with Crippen molar-refractivity contribution in [2.75, 3.05) is 19.8 Å². The monoisotopic (exact) mass is 345 g/mol. The molecule has 2 aliphatic rings. The summed E-state index contributed by atoms with van der Waals surface area (Å²) >= 11 is 0. The zero-order valence-corrected chi connectivity index (χ0v) is 15.0. The molecule has 5 heteroatoms. The molecule has 1 saturated carbocycles. The SMILES string of the molecule is OC1(CNC(=NCc2ccccc2)NC2CCCCC2)CCOCC1. The summed E-state index contributed by atoms with van der Waals surface area (Å²) in [6, 6.07) is 10.8. The van der Waals surface area contributed by atoms with Crippen LogP contribution in [-0.2, 0) is 11.3 Å². The minimum Gasteiger partial charge on any atom is -0.388 e. The van der Waals surface area contributed by atoms with E-state index < -0.39 is 5.60 Å². The van der Waals surface area contributed by atoms with E-state index in [9.17, 15) is 5.11 Å². The van der Waals surface area contributed by atoms with Crippen molar-refractivity contribution in [1.82, 2.24) is 10.6 Å². The maximum atomic E-state index is 10.7. The van der Waals surface area contributed by atoms with Crippen LogP contribution in [0, 0.1) is 0 Å². The van der Waals surface area contributed by atoms with Gasteiger partial charge in [-0.3, -0.25) is 0 Å². The molecule has 1 aromatic carbocycles. The molecular weight excluding hydrogens is 314 g/mol. The Morgan fingerprint density at radius 1 is 1.12 bits per heavy atom. The van der Waals surface area contributed by atoms with Crippen LogP contribution in [0.4, 0.5) is 0 Å². The lowest BCUT2D eigenvalue weighted by atomic mass is 9.94. The van der Waals surface area contributed by atoms with Gasteiger partial charge in [-0.15, -0.1) is 0 Å². The van der Waals surface area contributed by atoms with Crippen LogP contribution in [0.25, 0.3) is 0 Å². The Bertz CT molecular complexity index is 535. The number of hydrogen-bond donors (Lipinski definition) is 3. The van der Waals surface area contributed by atoms with Crippen LogP contribution in [-0.4, -0.2) is 42.5 Å². The Morgan fingerprint density at radius 3 is 2.56 bits per heavy atom. The molecule has 138 valence electrons. The van der Waals surface area contributed by atoms with E-state index in [1.165, 1.54) is 37.7 Å². The van der Waals surface area contributed by atoms with Crippen molar-refractivity contribution < 1.29 is 9.84 Å². The van der Waals surface area contributed by atoms with E-state index >= 15 is 0 Å². The normalized spacial score (nSPS) is 21.7. The van der Waals surface area contributed by atoms with E-state index in [0.717, 1.165) is 5.96 Å². The van der Waals surface area contributed by atoms with Crippen LogP contribution in [0.1, 0.15) is 50.5 Å². The molecule has 0 aromatic heterocycles. The number of aliphatic hydroxyl groups is 1. The fraction of sp³-hybridized carbons (Fsp3) is 0.650. The van der Waals surface area contributed by atoms with E-state index in [-0.39, 0.29) is 0 Å². The molecule has 0 amide bonds. The van der Waals surface area contributed by atoms with E-state index in [1.54, 1.807) is 0 Å². The number of hydrogen-bond acceptors (Lipinski definition) is 3. The largest absolute Gasteiger partial charge is 0.388 e. The molecule has 25 heavy (non-hydrogen) atoms.